The van der Waals surface area contributed by atoms with E-state index in [0.717, 1.165) is 63.0 Å². The molecule has 0 radical (unpaired) electrons. The van der Waals surface area contributed by atoms with Crippen molar-refractivity contribution in [2.75, 3.05) is 11.9 Å². The molecular formula is C20H30N2O2. The maximum Gasteiger partial charge on any atom is 0.230 e. The SMILES string of the molecule is CCCCCOc1ccc(NC(=O)C23CCC(N)(CC2)CC3)cc1. The van der Waals surface area contributed by atoms with E-state index in [2.05, 4.69) is 12.2 Å². The lowest BCUT2D eigenvalue weighted by Gasteiger charge is -2.50. The summed E-state index contributed by atoms with van der Waals surface area (Å²) in [4.78, 5) is 12.8. The summed E-state index contributed by atoms with van der Waals surface area (Å²) in [6.07, 6.45) is 9.18. The number of anilines is 1. The minimum absolute atomic E-state index is 0.00120. The van der Waals surface area contributed by atoms with Gasteiger partial charge >= 0.3 is 0 Å². The maximum absolute atomic E-state index is 12.8. The smallest absolute Gasteiger partial charge is 0.230 e. The molecular weight excluding hydrogens is 300 g/mol. The van der Waals surface area contributed by atoms with Gasteiger partial charge in [-0.25, -0.2) is 0 Å². The fourth-order valence-electron chi connectivity index (χ4n) is 4.00. The molecule has 0 aromatic heterocycles. The van der Waals surface area contributed by atoms with Crippen LogP contribution < -0.4 is 15.8 Å². The summed E-state index contributed by atoms with van der Waals surface area (Å²) >= 11 is 0. The summed E-state index contributed by atoms with van der Waals surface area (Å²) in [6.45, 7) is 2.94. The Morgan fingerprint density at radius 2 is 1.71 bits per heavy atom. The van der Waals surface area contributed by atoms with Crippen molar-refractivity contribution in [1.82, 2.24) is 0 Å². The molecule has 0 heterocycles. The monoisotopic (exact) mass is 330 g/mol. The molecule has 0 saturated heterocycles. The van der Waals surface area contributed by atoms with E-state index in [4.69, 9.17) is 10.5 Å². The van der Waals surface area contributed by atoms with Gasteiger partial charge in [-0.05, 0) is 69.2 Å². The zero-order valence-corrected chi connectivity index (χ0v) is 14.8. The van der Waals surface area contributed by atoms with E-state index in [0.29, 0.717) is 0 Å². The number of benzene rings is 1. The fourth-order valence-corrected chi connectivity index (χ4v) is 4.00. The molecule has 3 fully saturated rings. The lowest BCUT2D eigenvalue weighted by molar-refractivity contribution is -0.131. The molecule has 24 heavy (non-hydrogen) atoms. The molecule has 2 bridgehead atoms. The first-order chi connectivity index (χ1) is 11.6. The van der Waals surface area contributed by atoms with Crippen LogP contribution in [0.15, 0.2) is 24.3 Å². The quantitative estimate of drug-likeness (QED) is 0.735. The predicted octanol–water partition coefficient (Wildman–Crippen LogP) is 4.25. The van der Waals surface area contributed by atoms with Crippen LogP contribution in [0.4, 0.5) is 5.69 Å². The van der Waals surface area contributed by atoms with Crippen molar-refractivity contribution in [2.24, 2.45) is 11.1 Å². The highest BCUT2D eigenvalue weighted by Crippen LogP contribution is 2.51. The lowest BCUT2D eigenvalue weighted by atomic mass is 9.57. The predicted molar refractivity (Wildman–Crippen MR) is 97.1 cm³/mol. The molecule has 4 nitrogen and oxygen atoms in total. The van der Waals surface area contributed by atoms with Crippen LogP contribution in [-0.4, -0.2) is 18.1 Å². The second kappa shape index (κ2) is 7.14. The molecule has 4 heteroatoms. The Kier molecular flexibility index (Phi) is 5.14. The molecule has 3 saturated carbocycles. The first-order valence-corrected chi connectivity index (χ1v) is 9.39. The van der Waals surface area contributed by atoms with Crippen molar-refractivity contribution in [3.63, 3.8) is 0 Å². The Morgan fingerprint density at radius 3 is 2.29 bits per heavy atom. The summed E-state index contributed by atoms with van der Waals surface area (Å²) < 4.78 is 5.72. The van der Waals surface area contributed by atoms with Crippen molar-refractivity contribution in [3.05, 3.63) is 24.3 Å². The number of amides is 1. The highest BCUT2D eigenvalue weighted by molar-refractivity contribution is 5.95. The van der Waals surface area contributed by atoms with Crippen LogP contribution in [0.3, 0.4) is 0 Å². The molecule has 3 aliphatic carbocycles. The molecule has 4 rings (SSSR count). The first-order valence-electron chi connectivity index (χ1n) is 9.39. The number of ether oxygens (including phenoxy) is 1. The topological polar surface area (TPSA) is 64.3 Å². The number of hydrogen-bond acceptors (Lipinski definition) is 3. The highest BCUT2D eigenvalue weighted by atomic mass is 16.5. The molecule has 0 atom stereocenters. The number of carbonyl (C=O) groups is 1. The number of hydrogen-bond donors (Lipinski definition) is 2. The third-order valence-electron chi connectivity index (χ3n) is 5.91. The van der Waals surface area contributed by atoms with Gasteiger partial charge in [0.15, 0.2) is 0 Å². The largest absolute Gasteiger partial charge is 0.494 e. The van der Waals surface area contributed by atoms with Crippen molar-refractivity contribution >= 4 is 11.6 Å². The molecule has 1 aromatic rings. The summed E-state index contributed by atoms with van der Waals surface area (Å²) in [5, 5.41) is 3.11. The second-order valence-corrected chi connectivity index (χ2v) is 7.68. The van der Waals surface area contributed by atoms with Gasteiger partial charge in [0.2, 0.25) is 5.91 Å². The van der Waals surface area contributed by atoms with E-state index in [1.807, 2.05) is 24.3 Å². The number of fused-ring (bicyclic) bond motifs is 3. The van der Waals surface area contributed by atoms with Crippen molar-refractivity contribution in [1.29, 1.82) is 0 Å². The molecule has 1 aromatic carbocycles. The van der Waals surface area contributed by atoms with E-state index in [-0.39, 0.29) is 16.9 Å². The van der Waals surface area contributed by atoms with Gasteiger partial charge in [-0.2, -0.15) is 0 Å². The Labute approximate surface area is 145 Å². The van der Waals surface area contributed by atoms with Gasteiger partial charge in [0, 0.05) is 16.6 Å². The van der Waals surface area contributed by atoms with Gasteiger partial charge in [-0.15, -0.1) is 0 Å². The normalized spacial score (nSPS) is 28.6. The number of rotatable bonds is 7. The van der Waals surface area contributed by atoms with Gasteiger partial charge in [-0.3, -0.25) is 4.79 Å². The standard InChI is InChI=1S/C20H30N2O2/c1-2-3-4-15-24-17-7-5-16(6-8-17)22-18(23)19-9-12-20(21,13-10-19)14-11-19/h5-8H,2-4,9-15,21H2,1H3,(H,22,23). The van der Waals surface area contributed by atoms with Crippen molar-refractivity contribution in [2.45, 2.75) is 70.3 Å². The number of unbranched alkanes of at least 4 members (excludes halogenated alkanes) is 2. The van der Waals surface area contributed by atoms with Crippen molar-refractivity contribution in [3.8, 4) is 5.75 Å². The first kappa shape index (κ1) is 17.3. The molecule has 0 spiro atoms. The zero-order chi connectivity index (χ0) is 17.0. The van der Waals surface area contributed by atoms with E-state index in [1.54, 1.807) is 0 Å². The number of nitrogens with one attached hydrogen (secondary N) is 1. The minimum atomic E-state index is -0.198. The fraction of sp³-hybridized carbons (Fsp3) is 0.650. The van der Waals surface area contributed by atoms with E-state index in [9.17, 15) is 4.79 Å². The summed E-state index contributed by atoms with van der Waals surface area (Å²) in [5.74, 6) is 1.03. The second-order valence-electron chi connectivity index (χ2n) is 7.68. The van der Waals surface area contributed by atoms with Crippen molar-refractivity contribution < 1.29 is 9.53 Å². The van der Waals surface area contributed by atoms with Crippen LogP contribution in [0.25, 0.3) is 0 Å². The lowest BCUT2D eigenvalue weighted by Crippen LogP contribution is -2.55. The molecule has 132 valence electrons. The van der Waals surface area contributed by atoms with E-state index >= 15 is 0 Å². The van der Waals surface area contributed by atoms with Gasteiger partial charge < -0.3 is 15.8 Å². The average molecular weight is 330 g/mol. The average Bonchev–Trinajstić information content (AvgIpc) is 2.61. The minimum Gasteiger partial charge on any atom is -0.494 e. The summed E-state index contributed by atoms with van der Waals surface area (Å²) in [6, 6.07) is 7.74. The number of nitrogens with two attached hydrogens (primary N) is 1. The Hall–Kier alpha value is -1.55. The third kappa shape index (κ3) is 3.75. The zero-order valence-electron chi connectivity index (χ0n) is 14.8. The van der Waals surface area contributed by atoms with Crippen LogP contribution in [0.2, 0.25) is 0 Å². The maximum atomic E-state index is 12.8. The Morgan fingerprint density at radius 1 is 1.08 bits per heavy atom. The molecule has 0 unspecified atom stereocenters. The number of carbonyl (C=O) groups excluding carboxylic acids is 1. The van der Waals surface area contributed by atoms with E-state index in [1.165, 1.54) is 12.8 Å². The Balaban J connectivity index is 1.53. The van der Waals surface area contributed by atoms with Crippen LogP contribution >= 0.6 is 0 Å². The highest BCUT2D eigenvalue weighted by Gasteiger charge is 2.50. The molecule has 3 aliphatic rings. The summed E-state index contributed by atoms with van der Waals surface area (Å²) in [5.41, 5.74) is 6.99. The van der Waals surface area contributed by atoms with Crippen LogP contribution in [0.1, 0.15) is 64.7 Å². The van der Waals surface area contributed by atoms with Gasteiger partial charge in [-0.1, -0.05) is 19.8 Å². The summed E-state index contributed by atoms with van der Waals surface area (Å²) in [7, 11) is 0. The van der Waals surface area contributed by atoms with Gasteiger partial charge in [0.25, 0.3) is 0 Å². The molecule has 0 aliphatic heterocycles. The Bertz CT molecular complexity index is 543. The van der Waals surface area contributed by atoms with Crippen LogP contribution in [-0.2, 0) is 4.79 Å². The van der Waals surface area contributed by atoms with Crippen LogP contribution in [0.5, 0.6) is 5.75 Å². The van der Waals surface area contributed by atoms with Gasteiger partial charge in [0.1, 0.15) is 5.75 Å². The molecule has 1 amide bonds. The third-order valence-corrected chi connectivity index (χ3v) is 5.91. The van der Waals surface area contributed by atoms with Gasteiger partial charge in [0.05, 0.1) is 6.61 Å². The molecule has 3 N–H and O–H groups in total. The van der Waals surface area contributed by atoms with Crippen LogP contribution in [0, 0.1) is 5.41 Å². The van der Waals surface area contributed by atoms with E-state index < -0.39 is 0 Å².